The van der Waals surface area contributed by atoms with Gasteiger partial charge in [-0.05, 0) is 19.1 Å². The van der Waals surface area contributed by atoms with Crippen molar-refractivity contribution in [2.75, 3.05) is 6.54 Å². The maximum absolute atomic E-state index is 11.9. The number of hydrogen-bond donors (Lipinski definition) is 2. The lowest BCUT2D eigenvalue weighted by Crippen LogP contribution is -2.32. The van der Waals surface area contributed by atoms with Crippen molar-refractivity contribution in [2.45, 2.75) is 24.3 Å². The van der Waals surface area contributed by atoms with E-state index in [1.54, 1.807) is 6.07 Å². The van der Waals surface area contributed by atoms with E-state index in [1.165, 1.54) is 25.1 Å². The van der Waals surface area contributed by atoms with Gasteiger partial charge in [-0.3, -0.25) is 9.59 Å². The minimum atomic E-state index is -3.81. The summed E-state index contributed by atoms with van der Waals surface area (Å²) in [6.07, 6.45) is -1.29. The highest BCUT2D eigenvalue weighted by molar-refractivity contribution is 7.89. The second-order valence-electron chi connectivity index (χ2n) is 4.11. The van der Waals surface area contributed by atoms with Gasteiger partial charge in [-0.25, -0.2) is 13.1 Å². The molecule has 9 heteroatoms. The molecule has 21 heavy (non-hydrogen) atoms. The average molecular weight is 335 g/mol. The number of nitrogens with one attached hydrogen (secondary N) is 1. The van der Waals surface area contributed by atoms with E-state index in [0.29, 0.717) is 0 Å². The Labute approximate surface area is 127 Å². The van der Waals surface area contributed by atoms with Crippen molar-refractivity contribution >= 4 is 33.5 Å². The van der Waals surface area contributed by atoms with Crippen molar-refractivity contribution in [1.82, 2.24) is 4.72 Å². The van der Waals surface area contributed by atoms with Crippen LogP contribution in [0.2, 0.25) is 5.02 Å². The molecule has 7 nitrogen and oxygen atoms in total. The predicted octanol–water partition coefficient (Wildman–Crippen LogP) is 0.425. The molecule has 0 aliphatic heterocycles. The van der Waals surface area contributed by atoms with Crippen LogP contribution in [0.4, 0.5) is 0 Å². The van der Waals surface area contributed by atoms with Crippen molar-refractivity contribution in [3.63, 3.8) is 0 Å². The van der Waals surface area contributed by atoms with Gasteiger partial charge in [0.2, 0.25) is 10.0 Å². The van der Waals surface area contributed by atoms with Gasteiger partial charge >= 0.3 is 5.97 Å². The highest BCUT2D eigenvalue weighted by Gasteiger charge is 2.18. The summed E-state index contributed by atoms with van der Waals surface area (Å²) in [5.41, 5.74) is 4.93. The number of nitrogens with two attached hydrogens (primary N) is 1. The molecule has 1 amide bonds. The second kappa shape index (κ2) is 7.39. The molecule has 0 unspecified atom stereocenters. The number of hydrogen-bond acceptors (Lipinski definition) is 5. The van der Waals surface area contributed by atoms with E-state index in [-0.39, 0.29) is 22.9 Å². The minimum absolute atomic E-state index is 0.0782. The summed E-state index contributed by atoms with van der Waals surface area (Å²) in [5, 5.41) is 0.0786. The number of ether oxygens (including phenoxy) is 1. The van der Waals surface area contributed by atoms with Crippen molar-refractivity contribution < 1.29 is 22.7 Å². The Hall–Kier alpha value is -1.64. The Morgan fingerprint density at radius 3 is 2.57 bits per heavy atom. The molecule has 0 saturated heterocycles. The fraction of sp³-hybridized carbons (Fsp3) is 0.333. The van der Waals surface area contributed by atoms with E-state index >= 15 is 0 Å². The van der Waals surface area contributed by atoms with Gasteiger partial charge in [0.25, 0.3) is 5.91 Å². The molecule has 0 aromatic heterocycles. The van der Waals surface area contributed by atoms with E-state index < -0.39 is 28.0 Å². The summed E-state index contributed by atoms with van der Waals surface area (Å²) >= 11 is 5.79. The van der Waals surface area contributed by atoms with Crippen LogP contribution in [0.3, 0.4) is 0 Å². The Balaban J connectivity index is 2.54. The van der Waals surface area contributed by atoms with Gasteiger partial charge in [0.1, 0.15) is 4.90 Å². The molecule has 1 aromatic carbocycles. The molecule has 0 radical (unpaired) electrons. The van der Waals surface area contributed by atoms with Crippen LogP contribution in [0.15, 0.2) is 29.2 Å². The Morgan fingerprint density at radius 1 is 1.38 bits per heavy atom. The maximum Gasteiger partial charge on any atom is 0.307 e. The Bertz CT molecular complexity index is 632. The van der Waals surface area contributed by atoms with E-state index in [2.05, 4.69) is 9.46 Å². The first kappa shape index (κ1) is 17.4. The molecule has 1 aromatic rings. The smallest absolute Gasteiger partial charge is 0.307 e. The lowest BCUT2D eigenvalue weighted by molar-refractivity contribution is -0.153. The van der Waals surface area contributed by atoms with E-state index in [4.69, 9.17) is 17.3 Å². The molecular formula is C12H15ClN2O5S. The van der Waals surface area contributed by atoms with Crippen LogP contribution in [0.25, 0.3) is 0 Å². The summed E-state index contributed by atoms with van der Waals surface area (Å²) in [4.78, 5) is 22.0. The largest absolute Gasteiger partial charge is 0.453 e. The first-order valence-electron chi connectivity index (χ1n) is 5.97. The number of halogens is 1. The molecule has 0 fully saturated rings. The molecule has 0 saturated carbocycles. The van der Waals surface area contributed by atoms with Crippen molar-refractivity contribution in [2.24, 2.45) is 5.73 Å². The van der Waals surface area contributed by atoms with Crippen LogP contribution in [0.1, 0.15) is 13.3 Å². The lowest BCUT2D eigenvalue weighted by atomic mass is 10.4. The molecule has 3 N–H and O–H groups in total. The van der Waals surface area contributed by atoms with Crippen molar-refractivity contribution in [3.8, 4) is 0 Å². The number of carbonyl (C=O) groups excluding carboxylic acids is 2. The van der Waals surface area contributed by atoms with Crippen LogP contribution >= 0.6 is 11.6 Å². The normalized spacial score (nSPS) is 12.7. The number of sulfonamides is 1. The van der Waals surface area contributed by atoms with Crippen molar-refractivity contribution in [3.05, 3.63) is 29.3 Å². The van der Waals surface area contributed by atoms with Gasteiger partial charge in [-0.2, -0.15) is 0 Å². The minimum Gasteiger partial charge on any atom is -0.453 e. The molecule has 1 rings (SSSR count). The van der Waals surface area contributed by atoms with E-state index in [1.807, 2.05) is 0 Å². The SMILES string of the molecule is C[C@H](OC(=O)CCNS(=O)(=O)c1ccccc1Cl)C(N)=O. The molecular weight excluding hydrogens is 320 g/mol. The standard InChI is InChI=1S/C12H15ClN2O5S/c1-8(12(14)17)20-11(16)6-7-15-21(18,19)10-5-3-2-4-9(10)13/h2-5,8,15H,6-7H2,1H3,(H2,14,17)/t8-/m0/s1. The third kappa shape index (κ3) is 5.33. The maximum atomic E-state index is 11.9. The number of carbonyl (C=O) groups is 2. The second-order valence-corrected chi connectivity index (χ2v) is 6.26. The Kier molecular flexibility index (Phi) is 6.13. The third-order valence-electron chi connectivity index (χ3n) is 2.46. The number of esters is 1. The topological polar surface area (TPSA) is 116 Å². The molecule has 0 heterocycles. The van der Waals surface area contributed by atoms with Crippen LogP contribution < -0.4 is 10.5 Å². The van der Waals surface area contributed by atoms with Gasteiger partial charge in [0.05, 0.1) is 11.4 Å². The molecule has 0 spiro atoms. The van der Waals surface area contributed by atoms with E-state index in [9.17, 15) is 18.0 Å². The number of primary amides is 1. The number of rotatable bonds is 7. The molecule has 0 aliphatic rings. The number of amides is 1. The first-order valence-corrected chi connectivity index (χ1v) is 7.83. The average Bonchev–Trinajstić information content (AvgIpc) is 2.38. The summed E-state index contributed by atoms with van der Waals surface area (Å²) in [6.45, 7) is 1.14. The molecule has 116 valence electrons. The number of benzene rings is 1. The summed E-state index contributed by atoms with van der Waals surface area (Å²) < 4.78 is 30.8. The highest BCUT2D eigenvalue weighted by atomic mass is 35.5. The fourth-order valence-corrected chi connectivity index (χ4v) is 2.89. The monoisotopic (exact) mass is 334 g/mol. The zero-order valence-corrected chi connectivity index (χ0v) is 12.8. The zero-order valence-electron chi connectivity index (χ0n) is 11.2. The van der Waals surface area contributed by atoms with Gasteiger partial charge in [-0.15, -0.1) is 0 Å². The van der Waals surface area contributed by atoms with Crippen LogP contribution in [0, 0.1) is 0 Å². The summed E-state index contributed by atoms with van der Waals surface area (Å²) in [7, 11) is -3.81. The van der Waals surface area contributed by atoms with Crippen LogP contribution in [-0.4, -0.2) is 32.9 Å². The first-order chi connectivity index (χ1) is 9.74. The summed E-state index contributed by atoms with van der Waals surface area (Å²) in [6, 6.07) is 5.92. The molecule has 0 bridgehead atoms. The predicted molar refractivity (Wildman–Crippen MR) is 76.0 cm³/mol. The highest BCUT2D eigenvalue weighted by Crippen LogP contribution is 2.19. The van der Waals surface area contributed by atoms with E-state index in [0.717, 1.165) is 0 Å². The van der Waals surface area contributed by atoms with Gasteiger partial charge in [0.15, 0.2) is 6.10 Å². The molecule has 0 aliphatic carbocycles. The zero-order chi connectivity index (χ0) is 16.0. The van der Waals surface area contributed by atoms with Gasteiger partial charge in [-0.1, -0.05) is 23.7 Å². The molecule has 1 atom stereocenters. The fourth-order valence-electron chi connectivity index (χ4n) is 1.34. The van der Waals surface area contributed by atoms with Crippen molar-refractivity contribution in [1.29, 1.82) is 0 Å². The quantitative estimate of drug-likeness (QED) is 0.701. The lowest BCUT2D eigenvalue weighted by Gasteiger charge is -2.10. The Morgan fingerprint density at radius 2 is 2.00 bits per heavy atom. The summed E-state index contributed by atoms with van der Waals surface area (Å²) in [5.74, 6) is -1.51. The van der Waals surface area contributed by atoms with Crippen LogP contribution in [-0.2, 0) is 24.3 Å². The van der Waals surface area contributed by atoms with Gasteiger partial charge in [0, 0.05) is 6.54 Å². The van der Waals surface area contributed by atoms with Gasteiger partial charge < -0.3 is 10.5 Å². The van der Waals surface area contributed by atoms with Crippen LogP contribution in [0.5, 0.6) is 0 Å². The third-order valence-corrected chi connectivity index (χ3v) is 4.42.